The summed E-state index contributed by atoms with van der Waals surface area (Å²) in [6.07, 6.45) is 2.25. The highest BCUT2D eigenvalue weighted by atomic mass is 32.1. The molecule has 112 valence electrons. The first-order valence-electron chi connectivity index (χ1n) is 7.02. The lowest BCUT2D eigenvalue weighted by Gasteiger charge is -2.25. The molecule has 0 N–H and O–H groups in total. The minimum absolute atomic E-state index is 0.290. The van der Waals surface area contributed by atoms with Gasteiger partial charge in [0.2, 0.25) is 5.13 Å². The van der Waals surface area contributed by atoms with Gasteiger partial charge >= 0.3 is 0 Å². The molecule has 1 unspecified atom stereocenters. The largest absolute Gasteiger partial charge is 0.497 e. The molecule has 0 saturated carbocycles. The van der Waals surface area contributed by atoms with Crippen molar-refractivity contribution in [2.75, 3.05) is 25.7 Å². The van der Waals surface area contributed by atoms with Gasteiger partial charge in [0.25, 0.3) is 0 Å². The number of aromatic nitrogens is 2. The maximum Gasteiger partial charge on any atom is 0.205 e. The maximum absolute atomic E-state index is 5.55. The number of aryl methyl sites for hydroxylation is 1. The first-order valence-corrected chi connectivity index (χ1v) is 7.79. The highest BCUT2D eigenvalue weighted by Gasteiger charge is 2.30. The maximum atomic E-state index is 5.55. The summed E-state index contributed by atoms with van der Waals surface area (Å²) in [6.45, 7) is 2.94. The quantitative estimate of drug-likeness (QED) is 0.868. The Labute approximate surface area is 128 Å². The zero-order chi connectivity index (χ0) is 14.8. The van der Waals surface area contributed by atoms with Crippen molar-refractivity contribution in [2.45, 2.75) is 25.8 Å². The lowest BCUT2D eigenvalue weighted by atomic mass is 10.0. The fourth-order valence-electron chi connectivity index (χ4n) is 2.82. The number of anilines is 1. The van der Waals surface area contributed by atoms with Gasteiger partial charge < -0.3 is 14.4 Å². The van der Waals surface area contributed by atoms with E-state index in [1.165, 1.54) is 17.1 Å². The van der Waals surface area contributed by atoms with E-state index in [1.54, 1.807) is 14.2 Å². The second-order valence-electron chi connectivity index (χ2n) is 5.08. The van der Waals surface area contributed by atoms with Crippen LogP contribution in [-0.2, 0) is 0 Å². The van der Waals surface area contributed by atoms with E-state index in [0.29, 0.717) is 6.04 Å². The van der Waals surface area contributed by atoms with Crippen LogP contribution in [0.3, 0.4) is 0 Å². The number of nitrogens with zero attached hydrogens (tertiary/aromatic N) is 3. The second kappa shape index (κ2) is 5.89. The number of methoxy groups -OCH3 is 2. The summed E-state index contributed by atoms with van der Waals surface area (Å²) >= 11 is 1.47. The van der Waals surface area contributed by atoms with E-state index in [-0.39, 0.29) is 0 Å². The molecule has 1 aliphatic rings. The van der Waals surface area contributed by atoms with E-state index in [1.807, 2.05) is 19.1 Å². The van der Waals surface area contributed by atoms with E-state index in [4.69, 9.17) is 9.47 Å². The van der Waals surface area contributed by atoms with E-state index in [9.17, 15) is 0 Å². The molecule has 5 nitrogen and oxygen atoms in total. The van der Waals surface area contributed by atoms with Crippen LogP contribution in [0.2, 0.25) is 0 Å². The molecule has 21 heavy (non-hydrogen) atoms. The van der Waals surface area contributed by atoms with Gasteiger partial charge in [-0.2, -0.15) is 4.37 Å². The molecule has 3 rings (SSSR count). The molecule has 1 aromatic carbocycles. The standard InChI is InChI=1S/C15H19N3O2S/c1-10-16-15(21-17-10)18-8-4-5-13(18)12-7-6-11(19-2)9-14(12)20-3/h6-7,9,13H,4-5,8H2,1-3H3. The minimum Gasteiger partial charge on any atom is -0.497 e. The Hall–Kier alpha value is -1.82. The predicted octanol–water partition coefficient (Wildman–Crippen LogP) is 3.21. The SMILES string of the molecule is COc1ccc(C2CCCN2c2nc(C)ns2)c(OC)c1. The summed E-state index contributed by atoms with van der Waals surface area (Å²) in [4.78, 5) is 6.85. The molecular formula is C15H19N3O2S. The zero-order valence-corrected chi connectivity index (χ0v) is 13.3. The summed E-state index contributed by atoms with van der Waals surface area (Å²) in [6, 6.07) is 6.31. The van der Waals surface area contributed by atoms with E-state index >= 15 is 0 Å². The average Bonchev–Trinajstić information content (AvgIpc) is 3.14. The highest BCUT2D eigenvalue weighted by Crippen LogP contribution is 2.41. The Bertz CT molecular complexity index is 629. The normalized spacial score (nSPS) is 18.0. The molecule has 0 spiro atoms. The van der Waals surface area contributed by atoms with E-state index < -0.39 is 0 Å². The molecule has 1 aliphatic heterocycles. The van der Waals surface area contributed by atoms with Crippen LogP contribution in [-0.4, -0.2) is 30.1 Å². The summed E-state index contributed by atoms with van der Waals surface area (Å²) in [7, 11) is 3.37. The number of benzene rings is 1. The fourth-order valence-corrected chi connectivity index (χ4v) is 3.57. The average molecular weight is 305 g/mol. The van der Waals surface area contributed by atoms with Gasteiger partial charge in [-0.15, -0.1) is 0 Å². The van der Waals surface area contributed by atoms with Gasteiger partial charge in [0.05, 0.1) is 20.3 Å². The van der Waals surface area contributed by atoms with Crippen molar-refractivity contribution in [1.29, 1.82) is 0 Å². The molecule has 0 radical (unpaired) electrons. The molecule has 2 heterocycles. The molecule has 0 amide bonds. The Balaban J connectivity index is 1.95. The molecule has 1 aromatic heterocycles. The van der Waals surface area contributed by atoms with Crippen LogP contribution >= 0.6 is 11.5 Å². The summed E-state index contributed by atoms with van der Waals surface area (Å²) in [5.41, 5.74) is 1.18. The van der Waals surface area contributed by atoms with Gasteiger partial charge in [-0.3, -0.25) is 0 Å². The zero-order valence-electron chi connectivity index (χ0n) is 12.5. The lowest BCUT2D eigenvalue weighted by molar-refractivity contribution is 0.388. The number of ether oxygens (including phenoxy) is 2. The molecule has 1 atom stereocenters. The third-order valence-corrected chi connectivity index (χ3v) is 4.66. The second-order valence-corrected chi connectivity index (χ2v) is 5.81. The van der Waals surface area contributed by atoms with Crippen LogP contribution in [0.25, 0.3) is 0 Å². The molecule has 0 aliphatic carbocycles. The van der Waals surface area contributed by atoms with Crippen molar-refractivity contribution in [1.82, 2.24) is 9.36 Å². The Morgan fingerprint density at radius 2 is 2.14 bits per heavy atom. The van der Waals surface area contributed by atoms with Crippen molar-refractivity contribution in [3.8, 4) is 11.5 Å². The summed E-state index contributed by atoms with van der Waals surface area (Å²) in [5, 5.41) is 0.993. The summed E-state index contributed by atoms with van der Waals surface area (Å²) in [5.74, 6) is 2.52. The first kappa shape index (κ1) is 14.1. The fraction of sp³-hybridized carbons (Fsp3) is 0.467. The van der Waals surface area contributed by atoms with Crippen molar-refractivity contribution in [2.24, 2.45) is 0 Å². The van der Waals surface area contributed by atoms with Crippen LogP contribution in [0.5, 0.6) is 11.5 Å². The van der Waals surface area contributed by atoms with Crippen molar-refractivity contribution in [3.05, 3.63) is 29.6 Å². The number of hydrogen-bond acceptors (Lipinski definition) is 6. The van der Waals surface area contributed by atoms with Crippen LogP contribution < -0.4 is 14.4 Å². The molecule has 2 aromatic rings. The third kappa shape index (κ3) is 2.68. The smallest absolute Gasteiger partial charge is 0.205 e. The minimum atomic E-state index is 0.290. The first-order chi connectivity index (χ1) is 10.2. The van der Waals surface area contributed by atoms with Gasteiger partial charge in [0, 0.05) is 29.7 Å². The van der Waals surface area contributed by atoms with Gasteiger partial charge in [0.1, 0.15) is 17.3 Å². The Morgan fingerprint density at radius 3 is 2.81 bits per heavy atom. The van der Waals surface area contributed by atoms with E-state index in [0.717, 1.165) is 41.8 Å². The Kier molecular flexibility index (Phi) is 3.96. The molecule has 0 bridgehead atoms. The molecule has 1 fully saturated rings. The van der Waals surface area contributed by atoms with Gasteiger partial charge in [-0.05, 0) is 31.9 Å². The highest BCUT2D eigenvalue weighted by molar-refractivity contribution is 7.09. The molecule has 1 saturated heterocycles. The van der Waals surface area contributed by atoms with Crippen molar-refractivity contribution in [3.63, 3.8) is 0 Å². The number of rotatable bonds is 4. The molecule has 6 heteroatoms. The third-order valence-electron chi connectivity index (χ3n) is 3.81. The summed E-state index contributed by atoms with van der Waals surface area (Å²) < 4.78 is 15.1. The van der Waals surface area contributed by atoms with Crippen LogP contribution in [0.1, 0.15) is 30.3 Å². The molecular weight excluding hydrogens is 286 g/mol. The van der Waals surface area contributed by atoms with Crippen LogP contribution in [0.4, 0.5) is 5.13 Å². The van der Waals surface area contributed by atoms with Gasteiger partial charge in [0.15, 0.2) is 0 Å². The van der Waals surface area contributed by atoms with E-state index in [2.05, 4.69) is 20.3 Å². The van der Waals surface area contributed by atoms with Crippen molar-refractivity contribution >= 4 is 16.7 Å². The van der Waals surface area contributed by atoms with Gasteiger partial charge in [-0.25, -0.2) is 4.98 Å². The monoisotopic (exact) mass is 305 g/mol. The van der Waals surface area contributed by atoms with Crippen LogP contribution in [0.15, 0.2) is 18.2 Å². The number of hydrogen-bond donors (Lipinski definition) is 0. The lowest BCUT2D eigenvalue weighted by Crippen LogP contribution is -2.22. The predicted molar refractivity (Wildman–Crippen MR) is 83.5 cm³/mol. The Morgan fingerprint density at radius 1 is 1.29 bits per heavy atom. The topological polar surface area (TPSA) is 47.5 Å². The van der Waals surface area contributed by atoms with Crippen molar-refractivity contribution < 1.29 is 9.47 Å². The van der Waals surface area contributed by atoms with Gasteiger partial charge in [-0.1, -0.05) is 0 Å². The van der Waals surface area contributed by atoms with Crippen LogP contribution in [0, 0.1) is 6.92 Å².